The van der Waals surface area contributed by atoms with Crippen LogP contribution in [0.3, 0.4) is 0 Å². The van der Waals surface area contributed by atoms with E-state index in [-0.39, 0.29) is 11.3 Å². The van der Waals surface area contributed by atoms with Gasteiger partial charge >= 0.3 is 18.0 Å². The number of nitrogens with zero attached hydrogens (tertiary/aromatic N) is 2. The number of halogens is 7. The summed E-state index contributed by atoms with van der Waals surface area (Å²) in [6, 6.07) is 12.4. The van der Waals surface area contributed by atoms with Gasteiger partial charge < -0.3 is 9.84 Å². The monoisotopic (exact) mass is 560 g/mol. The van der Waals surface area contributed by atoms with Gasteiger partial charge in [-0.15, -0.1) is 0 Å². The molecule has 1 fully saturated rings. The van der Waals surface area contributed by atoms with E-state index in [2.05, 4.69) is 5.10 Å². The molecule has 1 N–H and O–H groups in total. The van der Waals surface area contributed by atoms with Crippen molar-refractivity contribution in [2.24, 2.45) is 5.10 Å². The number of rotatable bonds is 7. The Hall–Kier alpha value is -3.15. The third-order valence-electron chi connectivity index (χ3n) is 7.18. The number of hydrogen-bond acceptors (Lipinski definition) is 4. The third kappa shape index (κ3) is 5.35. The third-order valence-corrected chi connectivity index (χ3v) is 7.18. The Kier molecular flexibility index (Phi) is 7.72. The van der Waals surface area contributed by atoms with E-state index in [0.717, 1.165) is 36.8 Å². The number of aryl methyl sites for hydroxylation is 1. The summed E-state index contributed by atoms with van der Waals surface area (Å²) in [5.74, 6) is -13.9. The van der Waals surface area contributed by atoms with Crippen LogP contribution in [0.15, 0.2) is 53.6 Å². The van der Waals surface area contributed by atoms with Crippen molar-refractivity contribution in [1.29, 1.82) is 0 Å². The van der Waals surface area contributed by atoms with Crippen LogP contribution >= 0.6 is 0 Å². The predicted molar refractivity (Wildman–Crippen MR) is 128 cm³/mol. The maximum atomic E-state index is 14.9. The van der Waals surface area contributed by atoms with E-state index in [1.54, 1.807) is 31.2 Å². The highest BCUT2D eigenvalue weighted by molar-refractivity contribution is 6.03. The Morgan fingerprint density at radius 2 is 1.56 bits per heavy atom. The smallest absolute Gasteiger partial charge is 0.460 e. The molecule has 1 saturated carbocycles. The van der Waals surface area contributed by atoms with Gasteiger partial charge in [0.15, 0.2) is 6.61 Å². The molecule has 1 aliphatic heterocycles. The summed E-state index contributed by atoms with van der Waals surface area (Å²) in [6.45, 7) is 0.646. The number of carbonyl (C=O) groups excluding carboxylic acids is 1. The average Bonchev–Trinajstić information content (AvgIpc) is 3.27. The maximum absolute atomic E-state index is 14.9. The normalized spacial score (nSPS) is 21.2. The number of ether oxygens (including phenoxy) is 1. The van der Waals surface area contributed by atoms with Crippen LogP contribution in [0, 0.1) is 6.92 Å². The molecule has 2 aromatic rings. The molecule has 212 valence electrons. The highest BCUT2D eigenvalue weighted by atomic mass is 19.4. The van der Waals surface area contributed by atoms with Gasteiger partial charge in [-0.2, -0.15) is 40.8 Å². The van der Waals surface area contributed by atoms with Gasteiger partial charge in [-0.25, -0.2) is 0 Å². The van der Waals surface area contributed by atoms with Gasteiger partial charge in [0.25, 0.3) is 5.91 Å². The second kappa shape index (κ2) is 10.4. The molecule has 0 bridgehead atoms. The molecule has 1 atom stereocenters. The summed E-state index contributed by atoms with van der Waals surface area (Å²) in [4.78, 5) is 12.9. The standard InChI is InChI=1S/C27H27F7N2O3/c1-17-7-9-20(10-8-17)22-15-24(38,25(28,29)26(30,31)27(32,33)34)36(35-22)23(37)16-39-21-13-11-19(12-14-21)18-5-3-2-4-6-18/h7-14,18,38H,2-6,15-16H2,1H3/t24-/m1/s1. The van der Waals surface area contributed by atoms with Crippen LogP contribution in [0.25, 0.3) is 0 Å². The maximum Gasteiger partial charge on any atom is 0.460 e. The van der Waals surface area contributed by atoms with Gasteiger partial charge in [-0.05, 0) is 48.9 Å². The van der Waals surface area contributed by atoms with Crippen molar-refractivity contribution >= 4 is 11.6 Å². The van der Waals surface area contributed by atoms with Gasteiger partial charge in [0.1, 0.15) is 5.75 Å². The zero-order valence-corrected chi connectivity index (χ0v) is 20.9. The lowest BCUT2D eigenvalue weighted by Gasteiger charge is -2.41. The lowest BCUT2D eigenvalue weighted by atomic mass is 9.84. The van der Waals surface area contributed by atoms with Crippen molar-refractivity contribution in [3.8, 4) is 5.75 Å². The molecule has 12 heteroatoms. The van der Waals surface area contributed by atoms with Crippen molar-refractivity contribution in [2.75, 3.05) is 6.61 Å². The van der Waals surface area contributed by atoms with E-state index in [1.807, 2.05) is 0 Å². The number of alkyl halides is 7. The van der Waals surface area contributed by atoms with Crippen molar-refractivity contribution in [3.63, 3.8) is 0 Å². The number of hydrazone groups is 1. The lowest BCUT2D eigenvalue weighted by Crippen LogP contribution is -2.69. The van der Waals surface area contributed by atoms with Gasteiger partial charge in [0.05, 0.1) is 5.71 Å². The SMILES string of the molecule is Cc1ccc(C2=NN(C(=O)COc3ccc(C4CCCCC4)cc3)[C@](O)(C(F)(F)C(F)(F)C(F)(F)F)C2)cc1. The Balaban J connectivity index is 1.59. The molecule has 2 aromatic carbocycles. The zero-order valence-electron chi connectivity index (χ0n) is 20.9. The molecule has 0 spiro atoms. The largest absolute Gasteiger partial charge is 0.484 e. The summed E-state index contributed by atoms with van der Waals surface area (Å²) < 4.78 is 102. The van der Waals surface area contributed by atoms with Crippen molar-refractivity contribution in [2.45, 2.75) is 75.1 Å². The summed E-state index contributed by atoms with van der Waals surface area (Å²) in [7, 11) is 0. The molecule has 0 saturated heterocycles. The Labute approximate surface area is 220 Å². The number of hydrogen-bond donors (Lipinski definition) is 1. The number of benzene rings is 2. The first-order chi connectivity index (χ1) is 18.2. The van der Waals surface area contributed by atoms with Crippen LogP contribution in [0.1, 0.15) is 61.1 Å². The predicted octanol–water partition coefficient (Wildman–Crippen LogP) is 6.58. The summed E-state index contributed by atoms with van der Waals surface area (Å²) in [6.07, 6.45) is -2.74. The van der Waals surface area contributed by atoms with Crippen LogP contribution in [0.4, 0.5) is 30.7 Å². The van der Waals surface area contributed by atoms with E-state index in [0.29, 0.717) is 5.92 Å². The van der Waals surface area contributed by atoms with Crippen LogP contribution in [-0.4, -0.2) is 52.1 Å². The molecule has 1 heterocycles. The Morgan fingerprint density at radius 3 is 2.13 bits per heavy atom. The Morgan fingerprint density at radius 1 is 0.974 bits per heavy atom. The summed E-state index contributed by atoms with van der Waals surface area (Å²) in [5.41, 5.74) is -2.95. The number of amides is 1. The van der Waals surface area contributed by atoms with Crippen LogP contribution in [-0.2, 0) is 4.79 Å². The minimum atomic E-state index is -6.72. The van der Waals surface area contributed by atoms with Gasteiger partial charge in [0, 0.05) is 6.42 Å². The van der Waals surface area contributed by atoms with Gasteiger partial charge in [-0.1, -0.05) is 61.2 Å². The second-order valence-corrected chi connectivity index (χ2v) is 9.95. The van der Waals surface area contributed by atoms with Gasteiger partial charge in [-0.3, -0.25) is 4.79 Å². The average molecular weight is 561 g/mol. The number of carbonyl (C=O) groups is 1. The fraction of sp³-hybridized carbons (Fsp3) is 0.481. The summed E-state index contributed by atoms with van der Waals surface area (Å²) >= 11 is 0. The van der Waals surface area contributed by atoms with E-state index >= 15 is 0 Å². The molecular weight excluding hydrogens is 533 g/mol. The minimum Gasteiger partial charge on any atom is -0.484 e. The minimum absolute atomic E-state index is 0.0552. The lowest BCUT2D eigenvalue weighted by molar-refractivity contribution is -0.401. The molecular formula is C27H27F7N2O3. The first kappa shape index (κ1) is 28.8. The number of aliphatic hydroxyl groups is 1. The van der Waals surface area contributed by atoms with Crippen LogP contribution in [0.5, 0.6) is 5.75 Å². The van der Waals surface area contributed by atoms with Crippen molar-refractivity contribution in [1.82, 2.24) is 5.01 Å². The quantitative estimate of drug-likeness (QED) is 0.389. The van der Waals surface area contributed by atoms with E-state index in [1.165, 1.54) is 30.7 Å². The molecule has 39 heavy (non-hydrogen) atoms. The van der Waals surface area contributed by atoms with E-state index < -0.39 is 53.4 Å². The first-order valence-corrected chi connectivity index (χ1v) is 12.4. The van der Waals surface area contributed by atoms with Crippen LogP contribution in [0.2, 0.25) is 0 Å². The zero-order chi connectivity index (χ0) is 28.6. The Bertz CT molecular complexity index is 1210. The topological polar surface area (TPSA) is 62.1 Å². The fourth-order valence-corrected chi connectivity index (χ4v) is 4.87. The van der Waals surface area contributed by atoms with Crippen molar-refractivity contribution < 1.29 is 45.4 Å². The highest BCUT2D eigenvalue weighted by Gasteiger charge is 2.82. The van der Waals surface area contributed by atoms with E-state index in [4.69, 9.17) is 4.74 Å². The molecule has 0 unspecified atom stereocenters. The first-order valence-electron chi connectivity index (χ1n) is 12.4. The van der Waals surface area contributed by atoms with E-state index in [9.17, 15) is 40.6 Å². The summed E-state index contributed by atoms with van der Waals surface area (Å²) in [5, 5.41) is 13.9. The molecule has 4 rings (SSSR count). The molecule has 1 aliphatic carbocycles. The van der Waals surface area contributed by atoms with Crippen molar-refractivity contribution in [3.05, 3.63) is 65.2 Å². The van der Waals surface area contributed by atoms with Gasteiger partial charge in [0.2, 0.25) is 5.72 Å². The second-order valence-electron chi connectivity index (χ2n) is 9.95. The fourth-order valence-electron chi connectivity index (χ4n) is 4.87. The molecule has 2 aliphatic rings. The molecule has 5 nitrogen and oxygen atoms in total. The molecule has 0 aromatic heterocycles. The van der Waals surface area contributed by atoms with Crippen LogP contribution < -0.4 is 4.74 Å². The molecule has 1 amide bonds. The molecule has 0 radical (unpaired) electrons. The highest BCUT2D eigenvalue weighted by Crippen LogP contribution is 2.54.